The van der Waals surface area contributed by atoms with Crippen LogP contribution in [0.25, 0.3) is 0 Å². The van der Waals surface area contributed by atoms with Crippen LogP contribution in [0.3, 0.4) is 0 Å². The van der Waals surface area contributed by atoms with E-state index in [2.05, 4.69) is 21.3 Å². The van der Waals surface area contributed by atoms with E-state index >= 15 is 0 Å². The summed E-state index contributed by atoms with van der Waals surface area (Å²) >= 11 is 0. The third-order valence-corrected chi connectivity index (χ3v) is 8.51. The standard InChI is InChI=1S/C37H54N4O7/c1-7-25(6)34(36(46)41-33(24(4)5)37(47)48)40-31(44)22-29(42)28(21-27-17-12-9-13-18-27)38-35(45)32(23(2)3)39-30(43)20-14-19-26-15-10-8-11-16-26/h8-13,15-18,23-25,28-29,32-34,42H,7,14,19-22H2,1-6H3,(H,38,45)(H,39,43)(H,40,44)(H,41,46)(H,47,48). The number of carbonyl (C=O) groups is 5. The first-order chi connectivity index (χ1) is 22.7. The second kappa shape index (κ2) is 20.2. The Morgan fingerprint density at radius 3 is 1.71 bits per heavy atom. The van der Waals surface area contributed by atoms with Gasteiger partial charge in [-0.2, -0.15) is 0 Å². The lowest BCUT2D eigenvalue weighted by atomic mass is 9.95. The molecule has 6 atom stereocenters. The first-order valence-corrected chi connectivity index (χ1v) is 16.9. The number of benzene rings is 2. The SMILES string of the molecule is CCC(C)C(NC(=O)CC(O)C(Cc1ccccc1)NC(=O)C(NC(=O)CCCc1ccccc1)C(C)C)C(=O)NC(C(=O)O)C(C)C. The van der Waals surface area contributed by atoms with Crippen molar-refractivity contribution in [2.24, 2.45) is 17.8 Å². The van der Waals surface area contributed by atoms with Gasteiger partial charge < -0.3 is 31.5 Å². The zero-order valence-electron chi connectivity index (χ0n) is 29.1. The number of aliphatic carboxylic acids is 1. The molecule has 2 aromatic carbocycles. The number of aliphatic hydroxyl groups is 1. The van der Waals surface area contributed by atoms with Gasteiger partial charge in [0, 0.05) is 6.42 Å². The van der Waals surface area contributed by atoms with E-state index < -0.39 is 60.4 Å². The highest BCUT2D eigenvalue weighted by atomic mass is 16.4. The average Bonchev–Trinajstić information content (AvgIpc) is 3.04. The molecule has 6 unspecified atom stereocenters. The molecule has 2 aromatic rings. The summed E-state index contributed by atoms with van der Waals surface area (Å²) in [7, 11) is 0. The minimum atomic E-state index is -1.34. The molecule has 6 N–H and O–H groups in total. The summed E-state index contributed by atoms with van der Waals surface area (Å²) < 4.78 is 0. The molecule has 0 bridgehead atoms. The molecular formula is C37H54N4O7. The van der Waals surface area contributed by atoms with Crippen molar-refractivity contribution in [1.82, 2.24) is 21.3 Å². The molecule has 48 heavy (non-hydrogen) atoms. The zero-order chi connectivity index (χ0) is 35.8. The molecule has 0 saturated carbocycles. The number of carboxylic acids is 1. The van der Waals surface area contributed by atoms with Crippen molar-refractivity contribution in [3.05, 3.63) is 71.8 Å². The van der Waals surface area contributed by atoms with Crippen molar-refractivity contribution in [2.75, 3.05) is 0 Å². The monoisotopic (exact) mass is 666 g/mol. The Morgan fingerprint density at radius 1 is 0.667 bits per heavy atom. The third-order valence-electron chi connectivity index (χ3n) is 8.51. The van der Waals surface area contributed by atoms with Gasteiger partial charge in [0.2, 0.25) is 23.6 Å². The molecular weight excluding hydrogens is 612 g/mol. The number of aliphatic hydroxyl groups excluding tert-OH is 1. The van der Waals surface area contributed by atoms with Gasteiger partial charge in [0.15, 0.2) is 0 Å². The molecule has 0 aliphatic heterocycles. The van der Waals surface area contributed by atoms with Crippen molar-refractivity contribution >= 4 is 29.6 Å². The van der Waals surface area contributed by atoms with Crippen molar-refractivity contribution in [1.29, 1.82) is 0 Å². The first-order valence-electron chi connectivity index (χ1n) is 16.9. The minimum Gasteiger partial charge on any atom is -0.480 e. The van der Waals surface area contributed by atoms with Crippen molar-refractivity contribution in [3.8, 4) is 0 Å². The highest BCUT2D eigenvalue weighted by Gasteiger charge is 2.33. The summed E-state index contributed by atoms with van der Waals surface area (Å²) in [5.74, 6) is -4.11. The van der Waals surface area contributed by atoms with E-state index in [9.17, 15) is 34.2 Å². The quantitative estimate of drug-likeness (QED) is 0.126. The number of amides is 4. The lowest BCUT2D eigenvalue weighted by Gasteiger charge is -2.30. The maximum Gasteiger partial charge on any atom is 0.326 e. The van der Waals surface area contributed by atoms with Crippen LogP contribution in [-0.2, 0) is 36.8 Å². The third kappa shape index (κ3) is 13.5. The van der Waals surface area contributed by atoms with Crippen LogP contribution < -0.4 is 21.3 Å². The summed E-state index contributed by atoms with van der Waals surface area (Å²) in [4.78, 5) is 64.4. The summed E-state index contributed by atoms with van der Waals surface area (Å²) in [6.45, 7) is 10.6. The highest BCUT2D eigenvalue weighted by molar-refractivity contribution is 5.91. The van der Waals surface area contributed by atoms with Gasteiger partial charge in [-0.15, -0.1) is 0 Å². The van der Waals surface area contributed by atoms with Gasteiger partial charge in [-0.3, -0.25) is 19.2 Å². The van der Waals surface area contributed by atoms with Crippen LogP contribution in [0.1, 0.15) is 78.4 Å². The Labute approximate surface area is 284 Å². The second-order valence-electron chi connectivity index (χ2n) is 13.2. The van der Waals surface area contributed by atoms with Gasteiger partial charge in [0.1, 0.15) is 18.1 Å². The number of nitrogens with one attached hydrogen (secondary N) is 4. The lowest BCUT2D eigenvalue weighted by molar-refractivity contribution is -0.143. The number of carbonyl (C=O) groups excluding carboxylic acids is 4. The Hall–Kier alpha value is -4.25. The number of rotatable bonds is 20. The largest absolute Gasteiger partial charge is 0.480 e. The molecule has 0 heterocycles. The van der Waals surface area contributed by atoms with E-state index in [0.29, 0.717) is 12.8 Å². The van der Waals surface area contributed by atoms with E-state index in [0.717, 1.165) is 17.5 Å². The van der Waals surface area contributed by atoms with Gasteiger partial charge in [0.25, 0.3) is 0 Å². The van der Waals surface area contributed by atoms with Crippen molar-refractivity contribution in [2.45, 2.75) is 110 Å². The molecule has 0 saturated heterocycles. The fourth-order valence-corrected chi connectivity index (χ4v) is 5.33. The molecule has 0 aliphatic rings. The fourth-order valence-electron chi connectivity index (χ4n) is 5.33. The predicted molar refractivity (Wildman–Crippen MR) is 185 cm³/mol. The molecule has 11 nitrogen and oxygen atoms in total. The Balaban J connectivity index is 2.14. The van der Waals surface area contributed by atoms with Crippen LogP contribution in [0, 0.1) is 17.8 Å². The van der Waals surface area contributed by atoms with E-state index in [-0.39, 0.29) is 36.5 Å². The molecule has 2 rings (SSSR count). The second-order valence-corrected chi connectivity index (χ2v) is 13.2. The Morgan fingerprint density at radius 2 is 1.19 bits per heavy atom. The van der Waals surface area contributed by atoms with Crippen LogP contribution in [-0.4, -0.2) is 70.1 Å². The Kier molecular flexibility index (Phi) is 16.8. The lowest BCUT2D eigenvalue weighted by Crippen LogP contribution is -2.57. The molecule has 0 aliphatic carbocycles. The van der Waals surface area contributed by atoms with E-state index in [1.807, 2.05) is 81.4 Å². The maximum atomic E-state index is 13.6. The number of hydrogen-bond acceptors (Lipinski definition) is 6. The fraction of sp³-hybridized carbons (Fsp3) is 0.541. The van der Waals surface area contributed by atoms with Crippen LogP contribution in [0.15, 0.2) is 60.7 Å². The van der Waals surface area contributed by atoms with Crippen LogP contribution in [0.4, 0.5) is 0 Å². The molecule has 11 heteroatoms. The molecule has 4 amide bonds. The van der Waals surface area contributed by atoms with Crippen molar-refractivity contribution < 1.29 is 34.2 Å². The van der Waals surface area contributed by atoms with E-state index in [1.165, 1.54) is 0 Å². The molecule has 0 fully saturated rings. The Bertz CT molecular complexity index is 1320. The smallest absolute Gasteiger partial charge is 0.326 e. The number of hydrogen-bond donors (Lipinski definition) is 6. The number of aryl methyl sites for hydroxylation is 1. The summed E-state index contributed by atoms with van der Waals surface area (Å²) in [5.41, 5.74) is 1.94. The summed E-state index contributed by atoms with van der Waals surface area (Å²) in [5, 5.41) is 31.8. The minimum absolute atomic E-state index is 0.209. The van der Waals surface area contributed by atoms with Gasteiger partial charge in [-0.25, -0.2) is 4.79 Å². The van der Waals surface area contributed by atoms with Gasteiger partial charge in [0.05, 0.1) is 18.6 Å². The maximum absolute atomic E-state index is 13.6. The van der Waals surface area contributed by atoms with E-state index in [1.54, 1.807) is 20.8 Å². The average molecular weight is 667 g/mol. The van der Waals surface area contributed by atoms with Gasteiger partial charge in [-0.1, -0.05) is 109 Å². The van der Waals surface area contributed by atoms with E-state index in [4.69, 9.17) is 0 Å². The van der Waals surface area contributed by atoms with Crippen LogP contribution in [0.5, 0.6) is 0 Å². The van der Waals surface area contributed by atoms with Crippen LogP contribution in [0.2, 0.25) is 0 Å². The first kappa shape index (κ1) is 39.9. The molecule has 0 radical (unpaired) electrons. The van der Waals surface area contributed by atoms with Crippen LogP contribution >= 0.6 is 0 Å². The van der Waals surface area contributed by atoms with Gasteiger partial charge >= 0.3 is 5.97 Å². The highest BCUT2D eigenvalue weighted by Crippen LogP contribution is 2.14. The molecule has 264 valence electrons. The number of carboxylic acid groups (broad SMARTS) is 1. The normalized spacial score (nSPS) is 15.0. The molecule has 0 spiro atoms. The predicted octanol–water partition coefficient (Wildman–Crippen LogP) is 3.38. The topological polar surface area (TPSA) is 174 Å². The summed E-state index contributed by atoms with van der Waals surface area (Å²) in [6.07, 6.45) is 0.572. The van der Waals surface area contributed by atoms with Gasteiger partial charge in [-0.05, 0) is 48.1 Å². The molecule has 0 aromatic heterocycles. The summed E-state index contributed by atoms with van der Waals surface area (Å²) in [6, 6.07) is 15.1. The zero-order valence-corrected chi connectivity index (χ0v) is 29.1. The van der Waals surface area contributed by atoms with Crippen molar-refractivity contribution in [3.63, 3.8) is 0 Å².